The molecule has 0 unspecified atom stereocenters. The van der Waals surface area contributed by atoms with E-state index in [1.807, 2.05) is 42.6 Å². The Morgan fingerprint density at radius 2 is 1.70 bits per heavy atom. The third-order valence-corrected chi connectivity index (χ3v) is 4.76. The van der Waals surface area contributed by atoms with Crippen LogP contribution < -0.4 is 15.4 Å². The number of pyridine rings is 1. The first-order valence-corrected chi connectivity index (χ1v) is 10.9. The molecular weight excluding hydrogens is 398 g/mol. The van der Waals surface area contributed by atoms with Gasteiger partial charge in [-0.3, -0.25) is 15.3 Å². The minimum absolute atomic E-state index is 0.464. The fourth-order valence-electron chi connectivity index (χ4n) is 2.92. The van der Waals surface area contributed by atoms with Crippen LogP contribution in [0.25, 0.3) is 0 Å². The summed E-state index contributed by atoms with van der Waals surface area (Å²) >= 11 is 5.86. The normalized spacial score (nSPS) is 11.0. The number of hydrogen-bond donors (Lipinski definition) is 2. The van der Waals surface area contributed by atoms with E-state index in [9.17, 15) is 0 Å². The summed E-state index contributed by atoms with van der Waals surface area (Å²) in [7, 11) is 0. The lowest BCUT2D eigenvalue weighted by Gasteiger charge is -2.07. The lowest BCUT2D eigenvalue weighted by atomic mass is 10.1. The third kappa shape index (κ3) is 10.7. The van der Waals surface area contributed by atoms with Gasteiger partial charge in [0.05, 0.1) is 18.5 Å². The first-order valence-electron chi connectivity index (χ1n) is 10.5. The van der Waals surface area contributed by atoms with Crippen molar-refractivity contribution in [3.05, 3.63) is 53.8 Å². The molecule has 0 spiro atoms. The van der Waals surface area contributed by atoms with Gasteiger partial charge in [-0.1, -0.05) is 50.1 Å². The van der Waals surface area contributed by atoms with Gasteiger partial charge in [0.2, 0.25) is 5.96 Å². The molecule has 0 saturated heterocycles. The lowest BCUT2D eigenvalue weighted by molar-refractivity contribution is 0.304. The van der Waals surface area contributed by atoms with Crippen molar-refractivity contribution in [2.24, 2.45) is 4.99 Å². The van der Waals surface area contributed by atoms with E-state index < -0.39 is 0 Å². The number of halogens is 1. The van der Waals surface area contributed by atoms with Gasteiger partial charge in [-0.05, 0) is 49.2 Å². The zero-order chi connectivity index (χ0) is 21.3. The van der Waals surface area contributed by atoms with E-state index in [-0.39, 0.29) is 0 Å². The number of ether oxygens (including phenoxy) is 1. The second-order valence-corrected chi connectivity index (χ2v) is 7.40. The van der Waals surface area contributed by atoms with Crippen molar-refractivity contribution < 1.29 is 4.74 Å². The van der Waals surface area contributed by atoms with Crippen LogP contribution in [0.5, 0.6) is 5.75 Å². The average molecular weight is 428 g/mol. The molecule has 30 heavy (non-hydrogen) atoms. The highest BCUT2D eigenvalue weighted by Crippen LogP contribution is 2.16. The third-order valence-electron chi connectivity index (χ3n) is 4.50. The number of nitrogens with zero attached hydrogens (tertiary/aromatic N) is 3. The summed E-state index contributed by atoms with van der Waals surface area (Å²) in [5.74, 6) is 1.34. The van der Waals surface area contributed by atoms with Crippen LogP contribution in [0.3, 0.4) is 0 Å². The van der Waals surface area contributed by atoms with Crippen LogP contribution in [0.15, 0.2) is 53.8 Å². The van der Waals surface area contributed by atoms with Gasteiger partial charge in [0.25, 0.3) is 0 Å². The van der Waals surface area contributed by atoms with Crippen molar-refractivity contribution in [3.8, 4) is 11.9 Å². The fraction of sp³-hybridized carbons (Fsp3) is 0.435. The molecule has 0 aliphatic heterocycles. The highest BCUT2D eigenvalue weighted by Gasteiger charge is 1.99. The van der Waals surface area contributed by atoms with Crippen molar-refractivity contribution in [1.82, 2.24) is 10.3 Å². The zero-order valence-corrected chi connectivity index (χ0v) is 18.1. The summed E-state index contributed by atoms with van der Waals surface area (Å²) in [6, 6.07) is 11.2. The van der Waals surface area contributed by atoms with Gasteiger partial charge in [-0.15, -0.1) is 0 Å². The molecule has 0 atom stereocenters. The molecular formula is C23H30ClN5O. The molecule has 0 fully saturated rings. The Morgan fingerprint density at radius 1 is 1.00 bits per heavy atom. The van der Waals surface area contributed by atoms with Crippen LogP contribution >= 0.6 is 11.6 Å². The molecule has 0 saturated carbocycles. The molecule has 7 heteroatoms. The summed E-state index contributed by atoms with van der Waals surface area (Å²) in [5.41, 5.74) is 0.803. The van der Waals surface area contributed by atoms with Crippen molar-refractivity contribution in [2.75, 3.05) is 18.5 Å². The van der Waals surface area contributed by atoms with E-state index in [4.69, 9.17) is 21.6 Å². The Morgan fingerprint density at radius 3 is 2.37 bits per heavy atom. The maximum absolute atomic E-state index is 8.85. The Hall–Kier alpha value is -2.78. The molecule has 6 nitrogen and oxygen atoms in total. The molecule has 0 amide bonds. The maximum atomic E-state index is 8.85. The van der Waals surface area contributed by atoms with Crippen molar-refractivity contribution >= 4 is 23.2 Å². The number of unbranched alkanes of at least 4 members (excludes halogenated alkanes) is 7. The van der Waals surface area contributed by atoms with Crippen LogP contribution in [0.2, 0.25) is 5.02 Å². The van der Waals surface area contributed by atoms with E-state index >= 15 is 0 Å². The van der Waals surface area contributed by atoms with Gasteiger partial charge in [0.1, 0.15) is 5.75 Å². The Kier molecular flexibility index (Phi) is 11.8. The van der Waals surface area contributed by atoms with Crippen molar-refractivity contribution in [1.29, 1.82) is 5.26 Å². The Labute approximate surface area is 184 Å². The summed E-state index contributed by atoms with van der Waals surface area (Å²) in [5, 5.41) is 15.2. The number of nitriles is 1. The molecule has 0 aliphatic rings. The summed E-state index contributed by atoms with van der Waals surface area (Å²) in [4.78, 5) is 8.47. The van der Waals surface area contributed by atoms with Gasteiger partial charge >= 0.3 is 0 Å². The zero-order valence-electron chi connectivity index (χ0n) is 17.3. The number of hydrogen-bond acceptors (Lipinski definition) is 4. The standard InChI is InChI=1S/C23H30ClN5O/c24-20-11-13-22(14-12-20)30-17-8-6-4-2-1-3-5-7-16-27-23(28-19-25)29-21-10-9-15-26-18-21/h9-15,18H,1-8,16-17H2,(H2,27,28,29). The van der Waals surface area contributed by atoms with Crippen molar-refractivity contribution in [3.63, 3.8) is 0 Å². The van der Waals surface area contributed by atoms with E-state index in [1.54, 1.807) is 12.4 Å². The van der Waals surface area contributed by atoms with Gasteiger partial charge in [-0.25, -0.2) is 0 Å². The minimum Gasteiger partial charge on any atom is -0.494 e. The van der Waals surface area contributed by atoms with E-state index in [1.165, 1.54) is 32.1 Å². The smallest absolute Gasteiger partial charge is 0.209 e. The van der Waals surface area contributed by atoms with Gasteiger partial charge in [0.15, 0.2) is 6.19 Å². The van der Waals surface area contributed by atoms with E-state index in [2.05, 4.69) is 20.6 Å². The first-order chi connectivity index (χ1) is 14.8. The van der Waals surface area contributed by atoms with Crippen LogP contribution in [-0.4, -0.2) is 24.1 Å². The number of guanidine groups is 1. The van der Waals surface area contributed by atoms with Gasteiger partial charge in [-0.2, -0.15) is 5.26 Å². The topological polar surface area (TPSA) is 82.3 Å². The highest BCUT2D eigenvalue weighted by atomic mass is 35.5. The van der Waals surface area contributed by atoms with Gasteiger partial charge < -0.3 is 10.1 Å². The van der Waals surface area contributed by atoms with E-state index in [0.29, 0.717) is 12.5 Å². The van der Waals surface area contributed by atoms with Crippen molar-refractivity contribution in [2.45, 2.75) is 51.4 Å². The number of nitrogens with one attached hydrogen (secondary N) is 2. The Balaban J connectivity index is 1.44. The first kappa shape index (κ1) is 23.5. The molecule has 1 aromatic heterocycles. The molecule has 160 valence electrons. The second-order valence-electron chi connectivity index (χ2n) is 6.96. The quantitative estimate of drug-likeness (QED) is 0.139. The Bertz CT molecular complexity index is 774. The highest BCUT2D eigenvalue weighted by molar-refractivity contribution is 6.30. The van der Waals surface area contributed by atoms with E-state index in [0.717, 1.165) is 42.3 Å². The summed E-state index contributed by atoms with van der Waals surface area (Å²) in [6.45, 7) is 1.45. The van der Waals surface area contributed by atoms with Crippen LogP contribution in [0, 0.1) is 11.5 Å². The summed E-state index contributed by atoms with van der Waals surface area (Å²) < 4.78 is 5.70. The maximum Gasteiger partial charge on any atom is 0.209 e. The fourth-order valence-corrected chi connectivity index (χ4v) is 3.05. The molecule has 2 N–H and O–H groups in total. The van der Waals surface area contributed by atoms with Crippen LogP contribution in [0.1, 0.15) is 51.4 Å². The minimum atomic E-state index is 0.464. The number of aromatic nitrogens is 1. The SMILES string of the molecule is N#CNC(=NCCCCCCCCCCOc1ccc(Cl)cc1)Nc1cccnc1. The largest absolute Gasteiger partial charge is 0.494 e. The second kappa shape index (κ2) is 15.1. The number of rotatable bonds is 13. The number of aliphatic imine (C=N–C) groups is 1. The lowest BCUT2D eigenvalue weighted by Crippen LogP contribution is -2.27. The molecule has 2 rings (SSSR count). The van der Waals surface area contributed by atoms with Gasteiger partial charge in [0, 0.05) is 17.8 Å². The predicted octanol–water partition coefficient (Wildman–Crippen LogP) is 5.77. The number of benzene rings is 1. The molecule has 0 radical (unpaired) electrons. The molecule has 1 heterocycles. The van der Waals surface area contributed by atoms with Crippen LogP contribution in [0.4, 0.5) is 5.69 Å². The average Bonchev–Trinajstić information content (AvgIpc) is 2.76. The molecule has 1 aromatic carbocycles. The van der Waals surface area contributed by atoms with Crippen LogP contribution in [-0.2, 0) is 0 Å². The summed E-state index contributed by atoms with van der Waals surface area (Å²) in [6.07, 6.45) is 14.7. The monoisotopic (exact) mass is 427 g/mol. The molecule has 2 aromatic rings. The predicted molar refractivity (Wildman–Crippen MR) is 123 cm³/mol. The molecule has 0 bridgehead atoms. The molecule has 0 aliphatic carbocycles. The number of anilines is 1.